The molecule has 0 aliphatic heterocycles. The van der Waals surface area contributed by atoms with Gasteiger partial charge in [0.1, 0.15) is 5.75 Å². The fraction of sp³-hybridized carbons (Fsp3) is 0.500. The number of phenols is 1. The number of phenolic OH excluding ortho intramolecular Hbond substituents is 1. The van der Waals surface area contributed by atoms with Gasteiger partial charge in [0.05, 0.1) is 0 Å². The SMILES string of the molecule is CC1=[C-]C(C)C(C)=C1C.Cc1cc(O)cc(C(C)(C)C)c1.[CH2-]C.[CH2-]C.[Si]=[Ti]. The maximum absolute atomic E-state index is 9.36. The van der Waals surface area contributed by atoms with Crippen molar-refractivity contribution in [2.75, 3.05) is 0 Å². The summed E-state index contributed by atoms with van der Waals surface area (Å²) >= 11 is 1.81. The number of rotatable bonds is 0. The molecule has 1 N–H and O–H groups in total. The van der Waals surface area contributed by atoms with Crippen LogP contribution in [0.1, 0.15) is 73.4 Å². The number of aromatic hydroxyl groups is 1. The first-order valence-electron chi connectivity index (χ1n) is 9.27. The fourth-order valence-corrected chi connectivity index (χ4v) is 2.36. The van der Waals surface area contributed by atoms with Crippen LogP contribution in [-0.2, 0) is 24.6 Å². The molecule has 1 unspecified atom stereocenters. The molecule has 1 atom stereocenters. The number of benzene rings is 1. The van der Waals surface area contributed by atoms with E-state index in [9.17, 15) is 5.11 Å². The third-order valence-electron chi connectivity index (χ3n) is 4.16. The molecule has 2 rings (SSSR count). The quantitative estimate of drug-likeness (QED) is 0.354. The van der Waals surface area contributed by atoms with Crippen molar-refractivity contribution in [3.8, 4) is 5.75 Å². The Morgan fingerprint density at radius 1 is 0.963 bits per heavy atom. The molecule has 0 fully saturated rings. The van der Waals surface area contributed by atoms with Gasteiger partial charge in [-0.3, -0.25) is 6.08 Å². The van der Waals surface area contributed by atoms with Crippen LogP contribution in [0.3, 0.4) is 0 Å². The molecule has 27 heavy (non-hydrogen) atoms. The minimum atomic E-state index is 0.115. The zero-order chi connectivity index (χ0) is 22.4. The van der Waals surface area contributed by atoms with Crippen LogP contribution in [0.25, 0.3) is 0 Å². The first kappa shape index (κ1) is 31.1. The Balaban J connectivity index is -0.000000341. The molecule has 1 nitrogen and oxygen atoms in total. The van der Waals surface area contributed by atoms with E-state index >= 15 is 0 Å². The molecule has 0 heterocycles. The van der Waals surface area contributed by atoms with Gasteiger partial charge < -0.3 is 19.0 Å². The van der Waals surface area contributed by atoms with Gasteiger partial charge >= 0.3 is 26.8 Å². The molecule has 0 saturated carbocycles. The molecular formula is C24H39OSiTi-3. The number of allylic oxidation sites excluding steroid dienone is 4. The number of hydrogen-bond donors (Lipinski definition) is 1. The normalized spacial score (nSPS) is 14.8. The van der Waals surface area contributed by atoms with Crippen molar-refractivity contribution in [3.63, 3.8) is 0 Å². The number of aryl methyl sites for hydroxylation is 1. The summed E-state index contributed by atoms with van der Waals surface area (Å²) in [5.41, 5.74) is 6.65. The van der Waals surface area contributed by atoms with Crippen LogP contribution in [0.15, 0.2) is 34.9 Å². The second-order valence-corrected chi connectivity index (χ2v) is 7.11. The van der Waals surface area contributed by atoms with Crippen LogP contribution >= 0.6 is 0 Å². The van der Waals surface area contributed by atoms with Gasteiger partial charge in [0.25, 0.3) is 0 Å². The summed E-state index contributed by atoms with van der Waals surface area (Å²) in [6, 6.07) is 5.71. The second kappa shape index (κ2) is 16.4. The summed E-state index contributed by atoms with van der Waals surface area (Å²) in [5, 5.41) is 9.36. The van der Waals surface area contributed by atoms with Crippen molar-refractivity contribution in [1.29, 1.82) is 0 Å². The summed E-state index contributed by atoms with van der Waals surface area (Å²) in [5.74, 6) is 0.921. The van der Waals surface area contributed by atoms with Gasteiger partial charge in [-0.2, -0.15) is 25.0 Å². The fourth-order valence-electron chi connectivity index (χ4n) is 2.36. The van der Waals surface area contributed by atoms with Crippen LogP contribution in [0.2, 0.25) is 0 Å². The van der Waals surface area contributed by atoms with Gasteiger partial charge in [0.15, 0.2) is 0 Å². The molecule has 2 radical (unpaired) electrons. The van der Waals surface area contributed by atoms with E-state index in [2.05, 4.69) is 82.1 Å². The first-order valence-corrected chi connectivity index (χ1v) is 12.1. The van der Waals surface area contributed by atoms with Gasteiger partial charge in [0.2, 0.25) is 0 Å². The second-order valence-electron chi connectivity index (χ2n) is 7.11. The molecule has 152 valence electrons. The molecule has 0 spiro atoms. The van der Waals surface area contributed by atoms with Crippen LogP contribution in [0, 0.1) is 32.8 Å². The Kier molecular flexibility index (Phi) is 18.9. The zero-order valence-corrected chi connectivity index (χ0v) is 21.7. The molecule has 1 aromatic carbocycles. The minimum absolute atomic E-state index is 0.115. The van der Waals surface area contributed by atoms with E-state index in [4.69, 9.17) is 0 Å². The van der Waals surface area contributed by atoms with E-state index in [1.165, 1.54) is 22.3 Å². The summed E-state index contributed by atoms with van der Waals surface area (Å²) < 4.78 is 0. The summed E-state index contributed by atoms with van der Waals surface area (Å²) in [6.07, 6.45) is 3.36. The average Bonchev–Trinajstić information content (AvgIpc) is 2.85. The van der Waals surface area contributed by atoms with Crippen molar-refractivity contribution < 1.29 is 24.3 Å². The van der Waals surface area contributed by atoms with Gasteiger partial charge in [0, 0.05) is 0 Å². The van der Waals surface area contributed by atoms with E-state index < -0.39 is 0 Å². The molecule has 0 saturated heterocycles. The van der Waals surface area contributed by atoms with Gasteiger partial charge in [-0.15, -0.1) is 6.92 Å². The molecule has 3 heteroatoms. The van der Waals surface area contributed by atoms with Crippen molar-refractivity contribution in [2.24, 2.45) is 5.92 Å². The Labute approximate surface area is 183 Å². The zero-order valence-electron chi connectivity index (χ0n) is 19.2. The van der Waals surface area contributed by atoms with Crippen LogP contribution < -0.4 is 0 Å². The topological polar surface area (TPSA) is 20.2 Å². The first-order chi connectivity index (χ1) is 12.5. The summed E-state index contributed by atoms with van der Waals surface area (Å²) in [4.78, 5) is 0. The van der Waals surface area contributed by atoms with Crippen molar-refractivity contribution in [3.05, 3.63) is 66.0 Å². The Bertz CT molecular complexity index is 575. The molecule has 0 amide bonds. The summed E-state index contributed by atoms with van der Waals surface area (Å²) in [6.45, 7) is 27.1. The van der Waals surface area contributed by atoms with E-state index in [1.807, 2.05) is 13.0 Å². The van der Waals surface area contributed by atoms with Crippen molar-refractivity contribution in [2.45, 2.75) is 74.7 Å². The van der Waals surface area contributed by atoms with E-state index in [-0.39, 0.29) is 5.41 Å². The van der Waals surface area contributed by atoms with Crippen LogP contribution in [0.4, 0.5) is 0 Å². The molecule has 1 aromatic rings. The number of hydrogen-bond acceptors (Lipinski definition) is 1. The van der Waals surface area contributed by atoms with Crippen molar-refractivity contribution >= 4 is 7.63 Å². The third kappa shape index (κ3) is 12.5. The predicted octanol–water partition coefficient (Wildman–Crippen LogP) is 7.02. The molecule has 1 aliphatic carbocycles. The van der Waals surface area contributed by atoms with Crippen LogP contribution in [0.5, 0.6) is 5.75 Å². The predicted molar refractivity (Wildman–Crippen MR) is 119 cm³/mol. The molecular weight excluding hydrogens is 380 g/mol. The van der Waals surface area contributed by atoms with E-state index in [0.717, 1.165) is 5.56 Å². The monoisotopic (exact) mass is 419 g/mol. The third-order valence-corrected chi connectivity index (χ3v) is 4.16. The van der Waals surface area contributed by atoms with Gasteiger partial charge in [-0.25, -0.2) is 5.57 Å². The van der Waals surface area contributed by atoms with E-state index in [0.29, 0.717) is 11.7 Å². The van der Waals surface area contributed by atoms with Gasteiger partial charge in [-0.1, -0.05) is 53.5 Å². The Hall–Kier alpha value is -0.569. The standard InChI is InChI=1S/C11H16O.C9H13.2C2H5.Si.Ti/c1-8-5-9(11(2,3)4)7-10(12)6-8;1-6-5-7(2)9(4)8(6)3;2*1-2;;/h5-7,12H,1-4H3;6H,1-4H3;2*1H2,2H3;;/q;3*-1;;. The van der Waals surface area contributed by atoms with Crippen molar-refractivity contribution in [1.82, 2.24) is 0 Å². The average molecular weight is 420 g/mol. The molecule has 0 aromatic heterocycles. The Morgan fingerprint density at radius 3 is 1.63 bits per heavy atom. The molecule has 0 bridgehead atoms. The summed E-state index contributed by atoms with van der Waals surface area (Å²) in [7, 11) is 2.97. The van der Waals surface area contributed by atoms with Crippen LogP contribution in [-0.4, -0.2) is 12.7 Å². The van der Waals surface area contributed by atoms with Gasteiger partial charge in [-0.05, 0) is 35.6 Å². The van der Waals surface area contributed by atoms with E-state index in [1.54, 1.807) is 39.1 Å². The Morgan fingerprint density at radius 2 is 1.41 bits per heavy atom. The molecule has 1 aliphatic rings. The maximum atomic E-state index is 9.36.